The standard InChI is InChI=1S/C26H27FN10O2/c1-15-7-21(34-33-15)31-20-8-18-9-25(2,39)23(38)37-19-5-6-26(37,14-35(13-19)24(30-18)32-20)16-3-4-22(28-10-16)36-12-17(27)11-29-36/h3-4,7-8,10-12,19,39H,5-6,9,13-14H2,1-2H3,(H2,30,31,32,33,34). The fourth-order valence-electron chi connectivity index (χ4n) is 6.16. The summed E-state index contributed by atoms with van der Waals surface area (Å²) in [6.07, 6.45) is 5.59. The normalized spacial score (nSPS) is 25.8. The molecular weight excluding hydrogens is 503 g/mol. The van der Waals surface area contributed by atoms with Crippen LogP contribution in [0.25, 0.3) is 5.82 Å². The van der Waals surface area contributed by atoms with E-state index in [2.05, 4.69) is 30.5 Å². The quantitative estimate of drug-likeness (QED) is 0.361. The number of aryl methyl sites for hydroxylation is 1. The molecule has 3 unspecified atom stereocenters. The van der Waals surface area contributed by atoms with E-state index in [0.717, 1.165) is 23.9 Å². The molecule has 8 heterocycles. The number of aromatic amines is 1. The van der Waals surface area contributed by atoms with Crippen molar-refractivity contribution < 1.29 is 14.3 Å². The number of anilines is 3. The van der Waals surface area contributed by atoms with E-state index in [9.17, 15) is 14.3 Å². The number of fused-ring (bicyclic) bond motifs is 2. The van der Waals surface area contributed by atoms with Crippen molar-refractivity contribution in [3.8, 4) is 5.82 Å². The van der Waals surface area contributed by atoms with E-state index in [1.807, 2.05) is 24.0 Å². The van der Waals surface area contributed by atoms with Gasteiger partial charge < -0.3 is 20.2 Å². The van der Waals surface area contributed by atoms with Crippen molar-refractivity contribution in [1.82, 2.24) is 39.8 Å². The number of H-pyrrole nitrogens is 1. The Morgan fingerprint density at radius 3 is 2.79 bits per heavy atom. The summed E-state index contributed by atoms with van der Waals surface area (Å²) >= 11 is 0. The predicted molar refractivity (Wildman–Crippen MR) is 138 cm³/mol. The minimum atomic E-state index is -1.68. The zero-order chi connectivity index (χ0) is 26.9. The van der Waals surface area contributed by atoms with Crippen molar-refractivity contribution in [3.05, 3.63) is 65.6 Å². The number of hydrogen-bond donors (Lipinski definition) is 3. The number of aliphatic hydroxyl groups is 1. The second kappa shape index (κ2) is 8.30. The third-order valence-electron chi connectivity index (χ3n) is 7.89. The lowest BCUT2D eigenvalue weighted by Gasteiger charge is -2.51. The molecule has 6 bridgehead atoms. The van der Waals surface area contributed by atoms with E-state index < -0.39 is 17.0 Å². The lowest BCUT2D eigenvalue weighted by atomic mass is 9.84. The van der Waals surface area contributed by atoms with Gasteiger partial charge in [-0.3, -0.25) is 9.89 Å². The molecule has 2 saturated heterocycles. The van der Waals surface area contributed by atoms with Gasteiger partial charge in [0.25, 0.3) is 5.91 Å². The number of nitrogens with one attached hydrogen (secondary N) is 2. The number of carbonyl (C=O) groups is 1. The number of carbonyl (C=O) groups excluding carboxylic acids is 1. The summed E-state index contributed by atoms with van der Waals surface area (Å²) in [5.74, 6) is 1.36. The van der Waals surface area contributed by atoms with Gasteiger partial charge in [0.1, 0.15) is 11.4 Å². The van der Waals surface area contributed by atoms with Crippen LogP contribution in [-0.4, -0.2) is 75.6 Å². The lowest BCUT2D eigenvalue weighted by molar-refractivity contribution is -0.158. The molecule has 200 valence electrons. The molecule has 39 heavy (non-hydrogen) atoms. The Bertz CT molecular complexity index is 1580. The van der Waals surface area contributed by atoms with E-state index in [4.69, 9.17) is 9.97 Å². The van der Waals surface area contributed by atoms with Gasteiger partial charge in [0.2, 0.25) is 5.95 Å². The first kappa shape index (κ1) is 23.7. The van der Waals surface area contributed by atoms with Crippen LogP contribution in [0.3, 0.4) is 0 Å². The Hall–Kier alpha value is -4.39. The average molecular weight is 531 g/mol. The second-order valence-electron chi connectivity index (χ2n) is 10.8. The third kappa shape index (κ3) is 3.83. The highest BCUT2D eigenvalue weighted by Gasteiger charge is 2.58. The minimum absolute atomic E-state index is 0.0326. The van der Waals surface area contributed by atoms with Crippen molar-refractivity contribution in [3.63, 3.8) is 0 Å². The Morgan fingerprint density at radius 2 is 2.08 bits per heavy atom. The molecule has 0 aliphatic carbocycles. The molecule has 4 aromatic rings. The molecule has 1 amide bonds. The van der Waals surface area contributed by atoms with Gasteiger partial charge in [-0.05, 0) is 38.3 Å². The molecule has 3 atom stereocenters. The molecule has 4 aliphatic rings. The number of aromatic nitrogens is 7. The number of halogens is 1. The van der Waals surface area contributed by atoms with Crippen LogP contribution in [0.4, 0.5) is 22.0 Å². The molecule has 0 saturated carbocycles. The number of pyridine rings is 1. The highest BCUT2D eigenvalue weighted by molar-refractivity contribution is 5.87. The summed E-state index contributed by atoms with van der Waals surface area (Å²) in [5.41, 5.74) is -0.131. The van der Waals surface area contributed by atoms with Crippen LogP contribution in [-0.2, 0) is 16.8 Å². The maximum Gasteiger partial charge on any atom is 0.255 e. The van der Waals surface area contributed by atoms with E-state index in [1.54, 1.807) is 25.3 Å². The van der Waals surface area contributed by atoms with Crippen LogP contribution in [0.5, 0.6) is 0 Å². The zero-order valence-electron chi connectivity index (χ0n) is 21.5. The molecule has 12 nitrogen and oxygen atoms in total. The van der Waals surface area contributed by atoms with Gasteiger partial charge in [0, 0.05) is 43.5 Å². The lowest BCUT2D eigenvalue weighted by Crippen LogP contribution is -2.66. The molecule has 4 aromatic heterocycles. The fourth-order valence-corrected chi connectivity index (χ4v) is 6.16. The number of amides is 1. The van der Waals surface area contributed by atoms with Gasteiger partial charge >= 0.3 is 0 Å². The summed E-state index contributed by atoms with van der Waals surface area (Å²) in [6, 6.07) is 7.14. The monoisotopic (exact) mass is 530 g/mol. The molecule has 2 fully saturated rings. The van der Waals surface area contributed by atoms with Gasteiger partial charge in [-0.25, -0.2) is 19.0 Å². The number of nitrogens with zero attached hydrogens (tertiary/aromatic N) is 8. The third-order valence-corrected chi connectivity index (χ3v) is 7.89. The average Bonchev–Trinajstić information content (AvgIpc) is 3.58. The number of piperazine rings is 1. The first-order chi connectivity index (χ1) is 18.7. The maximum absolute atomic E-state index is 14.1. The molecular formula is C26H27FN10O2. The smallest absolute Gasteiger partial charge is 0.255 e. The summed E-state index contributed by atoms with van der Waals surface area (Å²) in [6.45, 7) is 4.45. The van der Waals surface area contributed by atoms with Crippen LogP contribution in [0.15, 0.2) is 42.9 Å². The molecule has 0 radical (unpaired) electrons. The van der Waals surface area contributed by atoms with Crippen LogP contribution < -0.4 is 10.2 Å². The Labute approximate surface area is 222 Å². The number of hydrogen-bond acceptors (Lipinski definition) is 9. The summed E-state index contributed by atoms with van der Waals surface area (Å²) in [5, 5.41) is 25.9. The van der Waals surface area contributed by atoms with Gasteiger partial charge in [-0.1, -0.05) is 6.07 Å². The first-order valence-corrected chi connectivity index (χ1v) is 12.9. The van der Waals surface area contributed by atoms with E-state index >= 15 is 0 Å². The van der Waals surface area contributed by atoms with E-state index in [1.165, 1.54) is 10.9 Å². The summed E-state index contributed by atoms with van der Waals surface area (Å²) in [4.78, 5) is 32.2. The van der Waals surface area contributed by atoms with E-state index in [0.29, 0.717) is 48.6 Å². The predicted octanol–water partition coefficient (Wildman–Crippen LogP) is 1.99. The molecule has 8 rings (SSSR count). The Morgan fingerprint density at radius 1 is 1.21 bits per heavy atom. The summed E-state index contributed by atoms with van der Waals surface area (Å²) in [7, 11) is 0. The maximum atomic E-state index is 14.1. The highest BCUT2D eigenvalue weighted by atomic mass is 19.1. The van der Waals surface area contributed by atoms with Crippen molar-refractivity contribution >= 4 is 23.5 Å². The molecule has 0 aromatic carbocycles. The molecule has 0 spiro atoms. The molecule has 4 aliphatic heterocycles. The van der Waals surface area contributed by atoms with Gasteiger partial charge in [0.15, 0.2) is 17.5 Å². The SMILES string of the molecule is Cc1cc(Nc2cc3nc(n2)N2CC4CCC(c5ccc(-n6cc(F)cn6)nc5)(C2)N4C(=O)C(C)(O)C3)n[nH]1. The van der Waals surface area contributed by atoms with Crippen molar-refractivity contribution in [1.29, 1.82) is 0 Å². The molecule has 3 N–H and O–H groups in total. The van der Waals surface area contributed by atoms with Crippen molar-refractivity contribution in [2.75, 3.05) is 23.3 Å². The van der Waals surface area contributed by atoms with Gasteiger partial charge in [0.05, 0.1) is 29.7 Å². The largest absolute Gasteiger partial charge is 0.380 e. The van der Waals surface area contributed by atoms with Crippen LogP contribution in [0.2, 0.25) is 0 Å². The van der Waals surface area contributed by atoms with E-state index in [-0.39, 0.29) is 18.4 Å². The zero-order valence-corrected chi connectivity index (χ0v) is 21.5. The highest BCUT2D eigenvalue weighted by Crippen LogP contribution is 2.48. The van der Waals surface area contributed by atoms with Crippen LogP contribution in [0, 0.1) is 12.7 Å². The van der Waals surface area contributed by atoms with Crippen molar-refractivity contribution in [2.24, 2.45) is 0 Å². The first-order valence-electron chi connectivity index (χ1n) is 12.9. The minimum Gasteiger partial charge on any atom is -0.380 e. The van der Waals surface area contributed by atoms with Gasteiger partial charge in [-0.15, -0.1) is 0 Å². The summed E-state index contributed by atoms with van der Waals surface area (Å²) < 4.78 is 14.9. The number of rotatable bonds is 4. The topological polar surface area (TPSA) is 141 Å². The Balaban J connectivity index is 1.32. The van der Waals surface area contributed by atoms with Crippen LogP contribution in [0.1, 0.15) is 36.7 Å². The fraction of sp³-hybridized carbons (Fsp3) is 0.385. The Kier molecular flexibility index (Phi) is 5.05. The van der Waals surface area contributed by atoms with Crippen LogP contribution >= 0.6 is 0 Å². The van der Waals surface area contributed by atoms with Crippen molar-refractivity contribution in [2.45, 2.75) is 50.3 Å². The molecule has 13 heteroatoms. The van der Waals surface area contributed by atoms with Gasteiger partial charge in [-0.2, -0.15) is 15.2 Å². The second-order valence-corrected chi connectivity index (χ2v) is 10.8.